The lowest BCUT2D eigenvalue weighted by atomic mass is 10.2. The van der Waals surface area contributed by atoms with Gasteiger partial charge in [-0.1, -0.05) is 0 Å². The van der Waals surface area contributed by atoms with Crippen molar-refractivity contribution in [1.29, 1.82) is 5.26 Å². The average Bonchev–Trinajstić information content (AvgIpc) is 3.47. The quantitative estimate of drug-likeness (QED) is 0.514. The highest BCUT2D eigenvalue weighted by Crippen LogP contribution is 2.27. The summed E-state index contributed by atoms with van der Waals surface area (Å²) >= 11 is 0. The molecule has 0 unspecified atom stereocenters. The number of hydrogen-bond donors (Lipinski definition) is 1. The summed E-state index contributed by atoms with van der Waals surface area (Å²) in [4.78, 5) is 13.8. The second-order valence-electron chi connectivity index (χ2n) is 6.91. The molecule has 4 rings (SSSR count). The van der Waals surface area contributed by atoms with Gasteiger partial charge in [0.25, 0.3) is 0 Å². The van der Waals surface area contributed by atoms with Crippen LogP contribution >= 0.6 is 0 Å². The van der Waals surface area contributed by atoms with Gasteiger partial charge in [0.15, 0.2) is 0 Å². The molecule has 0 saturated carbocycles. The molecule has 4 aromatic rings. The maximum Gasteiger partial charge on any atom is 0.249 e. The number of carbonyl (C=O) groups excluding carboxylic acids is 1. The van der Waals surface area contributed by atoms with Crippen molar-refractivity contribution < 1.29 is 13.6 Å². The van der Waals surface area contributed by atoms with E-state index >= 15 is 0 Å². The van der Waals surface area contributed by atoms with Crippen LogP contribution in [0.4, 0.5) is 10.2 Å². The van der Waals surface area contributed by atoms with Crippen LogP contribution in [0, 0.1) is 31.0 Å². The van der Waals surface area contributed by atoms with Gasteiger partial charge in [-0.3, -0.25) is 4.79 Å². The van der Waals surface area contributed by atoms with E-state index in [1.54, 1.807) is 12.3 Å². The zero-order valence-corrected chi connectivity index (χ0v) is 16.8. The third-order valence-corrected chi connectivity index (χ3v) is 4.93. The number of benzene rings is 1. The van der Waals surface area contributed by atoms with Crippen LogP contribution in [0.5, 0.6) is 0 Å². The van der Waals surface area contributed by atoms with Crippen LogP contribution in [-0.4, -0.2) is 30.7 Å². The van der Waals surface area contributed by atoms with E-state index in [9.17, 15) is 14.4 Å². The molecule has 31 heavy (non-hydrogen) atoms. The third-order valence-electron chi connectivity index (χ3n) is 4.93. The molecule has 0 saturated heterocycles. The van der Waals surface area contributed by atoms with Gasteiger partial charge in [-0.2, -0.15) is 10.1 Å². The van der Waals surface area contributed by atoms with Gasteiger partial charge in [0.2, 0.25) is 11.7 Å². The Bertz CT molecular complexity index is 1260. The Balaban J connectivity index is 1.54. The SMILES string of the molecule is Cc1c(C#N)c(NC(=O)Cn2nnc(-c3ccc(F)cc3)n2)n(Cc2ccco2)c1C. The third kappa shape index (κ3) is 4.06. The first-order valence-electron chi connectivity index (χ1n) is 9.42. The minimum Gasteiger partial charge on any atom is -0.467 e. The van der Waals surface area contributed by atoms with Crippen LogP contribution in [-0.2, 0) is 17.9 Å². The molecule has 156 valence electrons. The Hall–Kier alpha value is -4.26. The standard InChI is InChI=1S/C21H18FN7O2/c1-13-14(2)28(11-17-4-3-9-31-17)21(18(13)10-23)24-19(30)12-29-26-20(25-27-29)15-5-7-16(22)8-6-15/h3-9H,11-12H2,1-2H3,(H,24,30). The maximum absolute atomic E-state index is 13.1. The molecule has 0 aliphatic rings. The van der Waals surface area contributed by atoms with Gasteiger partial charge in [-0.05, 0) is 61.0 Å². The number of halogens is 1. The number of carbonyl (C=O) groups is 1. The van der Waals surface area contributed by atoms with Crippen LogP contribution in [0.15, 0.2) is 47.1 Å². The van der Waals surface area contributed by atoms with E-state index in [4.69, 9.17) is 4.42 Å². The lowest BCUT2D eigenvalue weighted by Gasteiger charge is -2.11. The van der Waals surface area contributed by atoms with E-state index in [-0.39, 0.29) is 18.2 Å². The van der Waals surface area contributed by atoms with Crippen molar-refractivity contribution in [2.75, 3.05) is 5.32 Å². The largest absolute Gasteiger partial charge is 0.467 e. The number of tetrazole rings is 1. The van der Waals surface area contributed by atoms with E-state index in [1.165, 1.54) is 24.3 Å². The van der Waals surface area contributed by atoms with Gasteiger partial charge < -0.3 is 14.3 Å². The van der Waals surface area contributed by atoms with Crippen molar-refractivity contribution >= 4 is 11.7 Å². The number of hydrogen-bond acceptors (Lipinski definition) is 6. The van der Waals surface area contributed by atoms with Crippen molar-refractivity contribution in [3.05, 3.63) is 71.1 Å². The molecule has 1 amide bonds. The first kappa shape index (κ1) is 20.0. The molecule has 10 heteroatoms. The van der Waals surface area contributed by atoms with Gasteiger partial charge in [0.1, 0.15) is 30.0 Å². The molecule has 1 aromatic carbocycles. The normalized spacial score (nSPS) is 10.8. The fourth-order valence-electron chi connectivity index (χ4n) is 3.21. The van der Waals surface area contributed by atoms with Gasteiger partial charge in [-0.25, -0.2) is 4.39 Å². The molecule has 0 bridgehead atoms. The smallest absolute Gasteiger partial charge is 0.249 e. The Morgan fingerprint density at radius 1 is 1.26 bits per heavy atom. The van der Waals surface area contributed by atoms with Gasteiger partial charge >= 0.3 is 0 Å². The zero-order chi connectivity index (χ0) is 22.0. The van der Waals surface area contributed by atoms with Crippen LogP contribution < -0.4 is 5.32 Å². The van der Waals surface area contributed by atoms with Crippen molar-refractivity contribution in [3.8, 4) is 17.5 Å². The number of anilines is 1. The van der Waals surface area contributed by atoms with Crippen LogP contribution in [0.25, 0.3) is 11.4 Å². The lowest BCUT2D eigenvalue weighted by molar-refractivity contribution is -0.117. The monoisotopic (exact) mass is 419 g/mol. The second kappa shape index (κ2) is 8.23. The molecule has 3 heterocycles. The highest BCUT2D eigenvalue weighted by molar-refractivity contribution is 5.91. The van der Waals surface area contributed by atoms with E-state index in [1.807, 2.05) is 24.5 Å². The van der Waals surface area contributed by atoms with E-state index < -0.39 is 5.91 Å². The van der Waals surface area contributed by atoms with Crippen LogP contribution in [0.2, 0.25) is 0 Å². The zero-order valence-electron chi connectivity index (χ0n) is 16.8. The number of nitrogens with one attached hydrogen (secondary N) is 1. The van der Waals surface area contributed by atoms with E-state index in [0.29, 0.717) is 29.2 Å². The van der Waals surface area contributed by atoms with Gasteiger partial charge in [0, 0.05) is 11.3 Å². The van der Waals surface area contributed by atoms with Crippen molar-refractivity contribution in [1.82, 2.24) is 24.8 Å². The first-order valence-corrected chi connectivity index (χ1v) is 9.42. The number of rotatable bonds is 6. The van der Waals surface area contributed by atoms with E-state index in [2.05, 4.69) is 26.8 Å². The second-order valence-corrected chi connectivity index (χ2v) is 6.91. The summed E-state index contributed by atoms with van der Waals surface area (Å²) in [7, 11) is 0. The number of nitrogens with zero attached hydrogens (tertiary/aromatic N) is 6. The molecule has 3 aromatic heterocycles. The van der Waals surface area contributed by atoms with Gasteiger partial charge in [0.05, 0.1) is 18.4 Å². The number of aromatic nitrogens is 5. The maximum atomic E-state index is 13.1. The lowest BCUT2D eigenvalue weighted by Crippen LogP contribution is -2.23. The van der Waals surface area contributed by atoms with Crippen LogP contribution in [0.1, 0.15) is 22.6 Å². The number of furan rings is 1. The Labute approximate surface area is 176 Å². The van der Waals surface area contributed by atoms with Crippen molar-refractivity contribution in [3.63, 3.8) is 0 Å². The molecule has 0 spiro atoms. The Morgan fingerprint density at radius 2 is 2.03 bits per heavy atom. The minimum atomic E-state index is -0.419. The molecule has 0 aliphatic carbocycles. The Kier molecular flexibility index (Phi) is 5.32. The molecular formula is C21H18FN7O2. The first-order chi connectivity index (χ1) is 15.0. The fraction of sp³-hybridized carbons (Fsp3) is 0.190. The number of amides is 1. The van der Waals surface area contributed by atoms with Gasteiger partial charge in [-0.15, -0.1) is 10.2 Å². The fourth-order valence-corrected chi connectivity index (χ4v) is 3.21. The summed E-state index contributed by atoms with van der Waals surface area (Å²) in [6, 6.07) is 11.4. The highest BCUT2D eigenvalue weighted by Gasteiger charge is 2.21. The van der Waals surface area contributed by atoms with Crippen molar-refractivity contribution in [2.24, 2.45) is 0 Å². The van der Waals surface area contributed by atoms with Crippen LogP contribution in [0.3, 0.4) is 0 Å². The highest BCUT2D eigenvalue weighted by atomic mass is 19.1. The van der Waals surface area contributed by atoms with Crippen molar-refractivity contribution in [2.45, 2.75) is 26.9 Å². The molecule has 0 aliphatic heterocycles. The molecule has 1 N–H and O–H groups in total. The summed E-state index contributed by atoms with van der Waals surface area (Å²) in [5.41, 5.74) is 2.59. The summed E-state index contributed by atoms with van der Waals surface area (Å²) < 4.78 is 20.3. The molecule has 9 nitrogen and oxygen atoms in total. The predicted molar refractivity (Wildman–Crippen MR) is 108 cm³/mol. The summed E-state index contributed by atoms with van der Waals surface area (Å²) in [5.74, 6) is 0.570. The molecule has 0 fully saturated rings. The summed E-state index contributed by atoms with van der Waals surface area (Å²) in [6.07, 6.45) is 1.57. The molecular weight excluding hydrogens is 401 g/mol. The summed E-state index contributed by atoms with van der Waals surface area (Å²) in [5, 5.41) is 24.3. The molecule has 0 radical (unpaired) electrons. The topological polar surface area (TPSA) is 115 Å². The van der Waals surface area contributed by atoms with E-state index in [0.717, 1.165) is 16.1 Å². The average molecular weight is 419 g/mol. The minimum absolute atomic E-state index is 0.205. The number of nitriles is 1. The molecule has 0 atom stereocenters. The summed E-state index contributed by atoms with van der Waals surface area (Å²) in [6.45, 7) is 3.87. The Morgan fingerprint density at radius 3 is 2.71 bits per heavy atom. The predicted octanol–water partition coefficient (Wildman–Crippen LogP) is 3.05.